The molecule has 21 heavy (non-hydrogen) atoms. The van der Waals surface area contributed by atoms with Crippen LogP contribution >= 0.6 is 28.1 Å². The van der Waals surface area contributed by atoms with Gasteiger partial charge in [-0.1, -0.05) is 25.1 Å². The second-order valence-corrected chi connectivity index (χ2v) is 7.02. The largest absolute Gasteiger partial charge is 0.389 e. The minimum Gasteiger partial charge on any atom is -0.389 e. The molecule has 2 fully saturated rings. The molecule has 0 atom stereocenters. The maximum atomic E-state index is 12.7. The fourth-order valence-corrected chi connectivity index (χ4v) is 4.01. The van der Waals surface area contributed by atoms with Crippen LogP contribution in [0.15, 0.2) is 22.7 Å². The normalized spacial score (nSPS) is 20.5. The van der Waals surface area contributed by atoms with Crippen molar-refractivity contribution in [1.29, 1.82) is 0 Å². The smallest absolute Gasteiger partial charge is 0.240 e. The van der Waals surface area contributed by atoms with E-state index >= 15 is 0 Å². The number of halogens is 1. The van der Waals surface area contributed by atoms with E-state index in [4.69, 9.17) is 18.0 Å². The highest BCUT2D eigenvalue weighted by atomic mass is 79.9. The lowest BCUT2D eigenvalue weighted by molar-refractivity contribution is -0.125. The summed E-state index contributed by atoms with van der Waals surface area (Å²) in [7, 11) is 0. The summed E-state index contributed by atoms with van der Waals surface area (Å²) >= 11 is 8.35. The Hall–Kier alpha value is -1.27. The molecule has 3 rings (SSSR count). The van der Waals surface area contributed by atoms with Gasteiger partial charge in [-0.15, -0.1) is 0 Å². The van der Waals surface area contributed by atoms with Crippen LogP contribution in [-0.2, 0) is 9.59 Å². The zero-order chi connectivity index (χ0) is 15.2. The number of hydrogen-bond donors (Lipinski definition) is 1. The molecule has 1 aliphatic heterocycles. The van der Waals surface area contributed by atoms with E-state index in [1.54, 1.807) is 18.2 Å². The number of benzene rings is 1. The molecule has 4 nitrogen and oxygen atoms in total. The van der Waals surface area contributed by atoms with Crippen LogP contribution in [0, 0.1) is 5.41 Å². The maximum Gasteiger partial charge on any atom is 0.240 e. The van der Waals surface area contributed by atoms with Gasteiger partial charge < -0.3 is 5.73 Å². The number of carbonyl (C=O) groups excluding carboxylic acids is 2. The van der Waals surface area contributed by atoms with Gasteiger partial charge in [-0.25, -0.2) is 4.90 Å². The minimum absolute atomic E-state index is 0.0613. The van der Waals surface area contributed by atoms with Gasteiger partial charge in [0.15, 0.2) is 0 Å². The molecular weight excluding hydrogens is 352 g/mol. The molecule has 2 N–H and O–H groups in total. The zero-order valence-corrected chi connectivity index (χ0v) is 13.8. The molecule has 1 heterocycles. The SMILES string of the molecule is NC(=S)c1ccc(N2C(=O)CC3(CCCC3)C2=O)c(Br)c1. The Bertz CT molecular complexity index is 653. The van der Waals surface area contributed by atoms with Crippen molar-refractivity contribution in [3.8, 4) is 0 Å². The van der Waals surface area contributed by atoms with Crippen molar-refractivity contribution in [2.45, 2.75) is 32.1 Å². The lowest BCUT2D eigenvalue weighted by Crippen LogP contribution is -2.34. The summed E-state index contributed by atoms with van der Waals surface area (Å²) in [6.07, 6.45) is 4.01. The molecule has 0 radical (unpaired) electrons. The Kier molecular flexibility index (Phi) is 3.61. The van der Waals surface area contributed by atoms with E-state index in [2.05, 4.69) is 15.9 Å². The number of anilines is 1. The van der Waals surface area contributed by atoms with Crippen molar-refractivity contribution in [2.75, 3.05) is 4.90 Å². The summed E-state index contributed by atoms with van der Waals surface area (Å²) in [5, 5.41) is 0. The number of thiocarbonyl (C=S) groups is 1. The Labute approximate surface area is 136 Å². The van der Waals surface area contributed by atoms with Crippen LogP contribution in [0.5, 0.6) is 0 Å². The molecule has 6 heteroatoms. The summed E-state index contributed by atoms with van der Waals surface area (Å²) in [5.41, 5.74) is 6.42. The summed E-state index contributed by atoms with van der Waals surface area (Å²) < 4.78 is 0.657. The molecule has 0 unspecified atom stereocenters. The highest BCUT2D eigenvalue weighted by molar-refractivity contribution is 9.10. The summed E-state index contributed by atoms with van der Waals surface area (Å²) in [4.78, 5) is 26.7. The highest BCUT2D eigenvalue weighted by Gasteiger charge is 2.53. The highest BCUT2D eigenvalue weighted by Crippen LogP contribution is 2.48. The van der Waals surface area contributed by atoms with Gasteiger partial charge in [-0.05, 0) is 47.0 Å². The molecule has 1 saturated heterocycles. The van der Waals surface area contributed by atoms with Crippen LogP contribution in [0.1, 0.15) is 37.7 Å². The van der Waals surface area contributed by atoms with Crippen molar-refractivity contribution in [2.24, 2.45) is 11.1 Å². The molecule has 1 aromatic rings. The lowest BCUT2D eigenvalue weighted by Gasteiger charge is -2.21. The molecule has 2 aliphatic rings. The predicted octanol–water partition coefficient (Wildman–Crippen LogP) is 2.91. The first kappa shape index (κ1) is 14.7. The van der Waals surface area contributed by atoms with Crippen LogP contribution in [0.3, 0.4) is 0 Å². The number of rotatable bonds is 2. The molecule has 0 bridgehead atoms. The molecule has 2 amide bonds. The molecule has 1 aromatic carbocycles. The van der Waals surface area contributed by atoms with Crippen LogP contribution in [-0.4, -0.2) is 16.8 Å². The first-order chi connectivity index (χ1) is 9.94. The lowest BCUT2D eigenvalue weighted by atomic mass is 9.84. The van der Waals surface area contributed by atoms with Gasteiger partial charge in [0.2, 0.25) is 11.8 Å². The van der Waals surface area contributed by atoms with Gasteiger partial charge in [0, 0.05) is 16.5 Å². The van der Waals surface area contributed by atoms with Gasteiger partial charge in [0.25, 0.3) is 0 Å². The van der Waals surface area contributed by atoms with Crippen LogP contribution in [0.4, 0.5) is 5.69 Å². The third-order valence-electron chi connectivity index (χ3n) is 4.43. The van der Waals surface area contributed by atoms with Crippen molar-refractivity contribution < 1.29 is 9.59 Å². The molecule has 1 saturated carbocycles. The van der Waals surface area contributed by atoms with E-state index in [0.29, 0.717) is 22.1 Å². The van der Waals surface area contributed by atoms with Gasteiger partial charge in [0.1, 0.15) is 4.99 Å². The Morgan fingerprint density at radius 2 is 1.95 bits per heavy atom. The number of nitrogens with zero attached hydrogens (tertiary/aromatic N) is 1. The first-order valence-corrected chi connectivity index (χ1v) is 8.11. The summed E-state index contributed by atoms with van der Waals surface area (Å²) in [6.45, 7) is 0. The van der Waals surface area contributed by atoms with E-state index in [-0.39, 0.29) is 16.8 Å². The van der Waals surface area contributed by atoms with E-state index in [0.717, 1.165) is 25.7 Å². The van der Waals surface area contributed by atoms with E-state index in [9.17, 15) is 9.59 Å². The van der Waals surface area contributed by atoms with E-state index in [1.165, 1.54) is 4.90 Å². The minimum atomic E-state index is -0.460. The number of carbonyl (C=O) groups is 2. The second kappa shape index (κ2) is 5.18. The van der Waals surface area contributed by atoms with Gasteiger partial charge in [-0.3, -0.25) is 9.59 Å². The Balaban J connectivity index is 1.99. The number of imide groups is 1. The average Bonchev–Trinajstić information content (AvgIpc) is 2.98. The molecule has 1 aliphatic carbocycles. The van der Waals surface area contributed by atoms with Gasteiger partial charge in [-0.2, -0.15) is 0 Å². The fraction of sp³-hybridized carbons (Fsp3) is 0.400. The van der Waals surface area contributed by atoms with Crippen LogP contribution in [0.25, 0.3) is 0 Å². The van der Waals surface area contributed by atoms with Crippen LogP contribution < -0.4 is 10.6 Å². The van der Waals surface area contributed by atoms with Gasteiger partial charge >= 0.3 is 0 Å². The quantitative estimate of drug-likeness (QED) is 0.645. The summed E-state index contributed by atoms with van der Waals surface area (Å²) in [6, 6.07) is 5.21. The zero-order valence-electron chi connectivity index (χ0n) is 11.4. The Morgan fingerprint density at radius 1 is 1.29 bits per heavy atom. The number of amides is 2. The molecule has 0 aromatic heterocycles. The van der Waals surface area contributed by atoms with Gasteiger partial charge in [0.05, 0.1) is 11.1 Å². The molecular formula is C15H15BrN2O2S. The molecule has 1 spiro atoms. The fourth-order valence-electron chi connectivity index (χ4n) is 3.32. The number of nitrogens with two attached hydrogens (primary N) is 1. The predicted molar refractivity (Wildman–Crippen MR) is 88.0 cm³/mol. The monoisotopic (exact) mass is 366 g/mol. The standard InChI is InChI=1S/C15H15BrN2O2S/c16-10-7-9(13(17)21)3-4-11(10)18-12(19)8-15(14(18)20)5-1-2-6-15/h3-4,7H,1-2,5-6,8H2,(H2,17,21). The van der Waals surface area contributed by atoms with Crippen molar-refractivity contribution in [1.82, 2.24) is 0 Å². The summed E-state index contributed by atoms with van der Waals surface area (Å²) in [5.74, 6) is -0.181. The third kappa shape index (κ3) is 2.30. The van der Waals surface area contributed by atoms with Crippen molar-refractivity contribution in [3.05, 3.63) is 28.2 Å². The molecule has 110 valence electrons. The number of hydrogen-bond acceptors (Lipinski definition) is 3. The average molecular weight is 367 g/mol. The van der Waals surface area contributed by atoms with Crippen LogP contribution in [0.2, 0.25) is 0 Å². The van der Waals surface area contributed by atoms with Crippen molar-refractivity contribution in [3.63, 3.8) is 0 Å². The van der Waals surface area contributed by atoms with Crippen molar-refractivity contribution >= 4 is 50.6 Å². The topological polar surface area (TPSA) is 63.4 Å². The Morgan fingerprint density at radius 3 is 2.52 bits per heavy atom. The third-order valence-corrected chi connectivity index (χ3v) is 5.30. The van der Waals surface area contributed by atoms with E-state index in [1.807, 2.05) is 0 Å². The second-order valence-electron chi connectivity index (χ2n) is 5.73. The van der Waals surface area contributed by atoms with E-state index < -0.39 is 5.41 Å². The first-order valence-electron chi connectivity index (χ1n) is 6.91. The maximum absolute atomic E-state index is 12.7.